The van der Waals surface area contributed by atoms with Crippen LogP contribution in [0, 0.1) is 0 Å². The lowest BCUT2D eigenvalue weighted by Gasteiger charge is -2.23. The number of nitrogens with one attached hydrogen (secondary N) is 1. The second kappa shape index (κ2) is 7.92. The summed E-state index contributed by atoms with van der Waals surface area (Å²) in [4.78, 5) is 13.4. The first-order valence-corrected chi connectivity index (χ1v) is 5.44. The third-order valence-corrected chi connectivity index (χ3v) is 2.60. The van der Waals surface area contributed by atoms with Crippen molar-refractivity contribution in [3.8, 4) is 0 Å². The molecule has 0 aromatic rings. The quantitative estimate of drug-likeness (QED) is 0.248. The maximum Gasteiger partial charge on any atom is 0.227 e. The Morgan fingerprint density at radius 2 is 2.25 bits per heavy atom. The van der Waals surface area contributed by atoms with E-state index in [-0.39, 0.29) is 18.2 Å². The van der Waals surface area contributed by atoms with Gasteiger partial charge in [0.2, 0.25) is 5.91 Å². The van der Waals surface area contributed by atoms with Gasteiger partial charge in [-0.05, 0) is 20.4 Å². The number of amides is 1. The van der Waals surface area contributed by atoms with Crippen LogP contribution in [-0.2, 0) is 4.79 Å². The number of hydrogen-bond acceptors (Lipinski definition) is 4. The lowest BCUT2D eigenvalue weighted by Crippen LogP contribution is -2.38. The van der Waals surface area contributed by atoms with Gasteiger partial charge in [-0.15, -0.1) is 0 Å². The second-order valence-electron chi connectivity index (χ2n) is 3.86. The van der Waals surface area contributed by atoms with Crippen LogP contribution >= 0.6 is 0 Å². The smallest absolute Gasteiger partial charge is 0.227 e. The highest BCUT2D eigenvalue weighted by molar-refractivity contribution is 5.98. The van der Waals surface area contributed by atoms with Crippen LogP contribution in [0.15, 0.2) is 5.16 Å². The van der Waals surface area contributed by atoms with Crippen molar-refractivity contribution >= 4 is 11.7 Å². The van der Waals surface area contributed by atoms with Crippen molar-refractivity contribution in [1.82, 2.24) is 10.2 Å². The van der Waals surface area contributed by atoms with Gasteiger partial charge in [-0.3, -0.25) is 4.79 Å². The Morgan fingerprint density at radius 3 is 2.75 bits per heavy atom. The summed E-state index contributed by atoms with van der Waals surface area (Å²) >= 11 is 0. The fourth-order valence-electron chi connectivity index (χ4n) is 1.17. The van der Waals surface area contributed by atoms with Gasteiger partial charge in [-0.1, -0.05) is 12.1 Å². The summed E-state index contributed by atoms with van der Waals surface area (Å²) in [6.07, 6.45) is 1.01. The molecule has 94 valence electrons. The maximum absolute atomic E-state index is 11.2. The molecule has 0 heterocycles. The molecule has 6 heteroatoms. The molecular weight excluding hydrogens is 208 g/mol. The van der Waals surface area contributed by atoms with Crippen LogP contribution in [0.3, 0.4) is 0 Å². The van der Waals surface area contributed by atoms with E-state index in [1.54, 1.807) is 0 Å². The van der Waals surface area contributed by atoms with E-state index in [9.17, 15) is 4.79 Å². The zero-order chi connectivity index (χ0) is 12.6. The minimum Gasteiger partial charge on any atom is -0.409 e. The average molecular weight is 230 g/mol. The van der Waals surface area contributed by atoms with E-state index in [0.717, 1.165) is 13.0 Å². The lowest BCUT2D eigenvalue weighted by atomic mass is 10.2. The zero-order valence-electron chi connectivity index (χ0n) is 10.2. The third kappa shape index (κ3) is 6.23. The lowest BCUT2D eigenvalue weighted by molar-refractivity contribution is -0.120. The predicted octanol–water partition coefficient (Wildman–Crippen LogP) is -0.0306. The number of hydrogen-bond donors (Lipinski definition) is 3. The Morgan fingerprint density at radius 1 is 1.62 bits per heavy atom. The normalized spacial score (nSPS) is 13.9. The number of oxime groups is 1. The molecule has 0 aromatic heterocycles. The highest BCUT2D eigenvalue weighted by Crippen LogP contribution is 1.98. The van der Waals surface area contributed by atoms with E-state index in [2.05, 4.69) is 29.2 Å². The van der Waals surface area contributed by atoms with Gasteiger partial charge >= 0.3 is 0 Å². The summed E-state index contributed by atoms with van der Waals surface area (Å²) in [6.45, 7) is 5.62. The minimum atomic E-state index is -0.229. The first kappa shape index (κ1) is 14.7. The van der Waals surface area contributed by atoms with E-state index in [1.165, 1.54) is 0 Å². The van der Waals surface area contributed by atoms with Crippen molar-refractivity contribution in [3.05, 3.63) is 0 Å². The van der Waals surface area contributed by atoms with Crippen molar-refractivity contribution in [3.63, 3.8) is 0 Å². The first-order chi connectivity index (χ1) is 7.51. The molecule has 0 aliphatic rings. The van der Waals surface area contributed by atoms with Gasteiger partial charge in [-0.25, -0.2) is 0 Å². The molecule has 0 saturated heterocycles. The number of carbonyl (C=O) groups is 1. The summed E-state index contributed by atoms with van der Waals surface area (Å²) in [5, 5.41) is 13.7. The molecule has 0 rings (SSSR count). The number of rotatable bonds is 7. The van der Waals surface area contributed by atoms with Gasteiger partial charge in [0, 0.05) is 19.1 Å². The molecule has 0 aromatic carbocycles. The maximum atomic E-state index is 11.2. The van der Waals surface area contributed by atoms with Crippen molar-refractivity contribution in [2.45, 2.75) is 32.7 Å². The van der Waals surface area contributed by atoms with Crippen LogP contribution < -0.4 is 11.1 Å². The average Bonchev–Trinajstić information content (AvgIpc) is 2.27. The molecule has 1 unspecified atom stereocenters. The van der Waals surface area contributed by atoms with Crippen molar-refractivity contribution in [1.29, 1.82) is 0 Å². The van der Waals surface area contributed by atoms with Gasteiger partial charge < -0.3 is 21.2 Å². The van der Waals surface area contributed by atoms with E-state index in [1.807, 2.05) is 7.05 Å². The predicted molar refractivity (Wildman–Crippen MR) is 63.4 cm³/mol. The topological polar surface area (TPSA) is 91.0 Å². The van der Waals surface area contributed by atoms with Crippen LogP contribution in [0.1, 0.15) is 26.7 Å². The second-order valence-corrected chi connectivity index (χ2v) is 3.86. The molecule has 0 spiro atoms. The molecule has 0 aliphatic carbocycles. The highest BCUT2D eigenvalue weighted by Gasteiger charge is 2.07. The first-order valence-electron chi connectivity index (χ1n) is 5.44. The van der Waals surface area contributed by atoms with Gasteiger partial charge in [0.15, 0.2) is 0 Å². The third-order valence-electron chi connectivity index (χ3n) is 2.60. The van der Waals surface area contributed by atoms with E-state index in [4.69, 9.17) is 10.9 Å². The molecule has 6 nitrogen and oxygen atoms in total. The van der Waals surface area contributed by atoms with Gasteiger partial charge in [0.25, 0.3) is 0 Å². The van der Waals surface area contributed by atoms with Crippen molar-refractivity contribution < 1.29 is 10.0 Å². The van der Waals surface area contributed by atoms with Crippen LogP contribution in [-0.4, -0.2) is 48.0 Å². The number of amidine groups is 1. The minimum absolute atomic E-state index is 0.0659. The monoisotopic (exact) mass is 230 g/mol. The summed E-state index contributed by atoms with van der Waals surface area (Å²) in [5.74, 6) is -0.305. The number of nitrogens with two attached hydrogens (primary N) is 1. The van der Waals surface area contributed by atoms with Crippen molar-refractivity contribution in [2.75, 3.05) is 20.1 Å². The van der Waals surface area contributed by atoms with Gasteiger partial charge in [0.1, 0.15) is 5.84 Å². The standard InChI is InChI=1S/C10H22N4O2/c1-4-8(2)14(3)6-5-12-10(15)7-9(11)13-16/h8,16H,4-7H2,1-3H3,(H2,11,13)(H,12,15). The molecule has 16 heavy (non-hydrogen) atoms. The Labute approximate surface area is 96.5 Å². The Kier molecular flexibility index (Phi) is 7.28. The molecule has 1 atom stereocenters. The molecular formula is C10H22N4O2. The van der Waals surface area contributed by atoms with Crippen LogP contribution in [0.2, 0.25) is 0 Å². The Balaban J connectivity index is 3.70. The van der Waals surface area contributed by atoms with Crippen molar-refractivity contribution in [2.24, 2.45) is 10.9 Å². The number of carbonyl (C=O) groups excluding carboxylic acids is 1. The van der Waals surface area contributed by atoms with Gasteiger partial charge in [-0.2, -0.15) is 0 Å². The molecule has 0 bridgehead atoms. The Bertz CT molecular complexity index is 243. The summed E-state index contributed by atoms with van der Waals surface area (Å²) in [7, 11) is 2.02. The molecule has 1 amide bonds. The highest BCUT2D eigenvalue weighted by atomic mass is 16.4. The molecule has 0 radical (unpaired) electrons. The zero-order valence-corrected chi connectivity index (χ0v) is 10.2. The van der Waals surface area contributed by atoms with E-state index >= 15 is 0 Å². The van der Waals surface area contributed by atoms with E-state index < -0.39 is 0 Å². The van der Waals surface area contributed by atoms with Crippen LogP contribution in [0.4, 0.5) is 0 Å². The number of nitrogens with zero attached hydrogens (tertiary/aromatic N) is 2. The van der Waals surface area contributed by atoms with Gasteiger partial charge in [0.05, 0.1) is 6.42 Å². The molecule has 0 aliphatic heterocycles. The van der Waals surface area contributed by atoms with Crippen LogP contribution in [0.25, 0.3) is 0 Å². The molecule has 4 N–H and O–H groups in total. The largest absolute Gasteiger partial charge is 0.409 e. The fourth-order valence-corrected chi connectivity index (χ4v) is 1.17. The summed E-state index contributed by atoms with van der Waals surface area (Å²) in [5.41, 5.74) is 5.20. The Hall–Kier alpha value is -1.30. The van der Waals surface area contributed by atoms with E-state index in [0.29, 0.717) is 12.6 Å². The molecule has 0 saturated carbocycles. The number of likely N-dealkylation sites (N-methyl/N-ethyl adjacent to an activating group) is 1. The molecule has 0 fully saturated rings. The summed E-state index contributed by atoms with van der Waals surface area (Å²) in [6, 6.07) is 0.501. The fraction of sp³-hybridized carbons (Fsp3) is 0.800. The SMILES string of the molecule is CCC(C)N(C)CCNC(=O)CC(N)=NO. The van der Waals surface area contributed by atoms with Crippen LogP contribution in [0.5, 0.6) is 0 Å². The summed E-state index contributed by atoms with van der Waals surface area (Å²) < 4.78 is 0.